The van der Waals surface area contributed by atoms with Crippen LogP contribution in [0.25, 0.3) is 0 Å². The van der Waals surface area contributed by atoms with E-state index in [0.29, 0.717) is 5.69 Å². The van der Waals surface area contributed by atoms with Gasteiger partial charge >= 0.3 is 5.97 Å². The van der Waals surface area contributed by atoms with Crippen LogP contribution in [0.5, 0.6) is 0 Å². The first-order valence-electron chi connectivity index (χ1n) is 8.23. The molecule has 144 valence electrons. The molecule has 0 aliphatic heterocycles. The van der Waals surface area contributed by atoms with E-state index in [4.69, 9.17) is 21.6 Å². The van der Waals surface area contributed by atoms with E-state index in [-0.39, 0.29) is 23.6 Å². The summed E-state index contributed by atoms with van der Waals surface area (Å²) in [7, 11) is 0. The summed E-state index contributed by atoms with van der Waals surface area (Å²) in [5, 5.41) is 19.7. The summed E-state index contributed by atoms with van der Waals surface area (Å²) in [6.07, 6.45) is -1.06. The number of nitro groups is 1. The number of hydrogen-bond donors (Lipinski definition) is 0. The van der Waals surface area contributed by atoms with Crippen LogP contribution < -0.4 is 4.90 Å². The molecule has 8 nitrogen and oxygen atoms in total. The minimum atomic E-state index is -1.17. The standard InChI is InChI=1S/C19H16ClN3O5/c1-13(18(24)22(11-5-10-21)15-6-3-2-4-7-15)28-19(25)14-8-9-16(20)17(12-14)23(26)27/h2-4,6-9,12-13H,5,11H2,1H3/t13-/m0/s1. The molecule has 9 heteroatoms. The normalized spacial score (nSPS) is 11.2. The topological polar surface area (TPSA) is 114 Å². The quantitative estimate of drug-likeness (QED) is 0.396. The van der Waals surface area contributed by atoms with E-state index < -0.39 is 28.6 Å². The van der Waals surface area contributed by atoms with Gasteiger partial charge in [0.25, 0.3) is 11.6 Å². The average molecular weight is 402 g/mol. The predicted octanol–water partition coefficient (Wildman–Crippen LogP) is 3.74. The van der Waals surface area contributed by atoms with E-state index in [1.54, 1.807) is 30.3 Å². The predicted molar refractivity (Wildman–Crippen MR) is 102 cm³/mol. The number of esters is 1. The van der Waals surface area contributed by atoms with E-state index in [1.807, 2.05) is 6.07 Å². The highest BCUT2D eigenvalue weighted by molar-refractivity contribution is 6.32. The number of benzene rings is 2. The number of carbonyl (C=O) groups excluding carboxylic acids is 2. The third-order valence-corrected chi connectivity index (χ3v) is 4.11. The first-order valence-corrected chi connectivity index (χ1v) is 8.61. The number of nitrogens with zero attached hydrogens (tertiary/aromatic N) is 3. The van der Waals surface area contributed by atoms with Crippen molar-refractivity contribution in [2.24, 2.45) is 0 Å². The highest BCUT2D eigenvalue weighted by atomic mass is 35.5. The lowest BCUT2D eigenvalue weighted by molar-refractivity contribution is -0.384. The molecule has 2 rings (SSSR count). The number of para-hydroxylation sites is 1. The molecule has 0 bridgehead atoms. The van der Waals surface area contributed by atoms with Gasteiger partial charge in [-0.15, -0.1) is 0 Å². The van der Waals surface area contributed by atoms with Crippen molar-refractivity contribution in [3.8, 4) is 6.07 Å². The van der Waals surface area contributed by atoms with Gasteiger partial charge in [0.2, 0.25) is 0 Å². The van der Waals surface area contributed by atoms with Gasteiger partial charge in [0.05, 0.1) is 23.0 Å². The van der Waals surface area contributed by atoms with Crippen LogP contribution in [-0.4, -0.2) is 29.4 Å². The third kappa shape index (κ3) is 5.05. The molecule has 0 heterocycles. The second kappa shape index (κ2) is 9.48. The van der Waals surface area contributed by atoms with Gasteiger partial charge in [0.15, 0.2) is 6.10 Å². The molecule has 1 amide bonds. The van der Waals surface area contributed by atoms with Crippen LogP contribution in [0, 0.1) is 21.4 Å². The zero-order chi connectivity index (χ0) is 20.7. The van der Waals surface area contributed by atoms with Crippen LogP contribution in [-0.2, 0) is 9.53 Å². The third-order valence-electron chi connectivity index (χ3n) is 3.79. The first-order chi connectivity index (χ1) is 13.3. The lowest BCUT2D eigenvalue weighted by Gasteiger charge is -2.25. The molecule has 0 aliphatic rings. The fourth-order valence-corrected chi connectivity index (χ4v) is 2.60. The number of nitriles is 1. The minimum absolute atomic E-state index is 0.0981. The Morgan fingerprint density at radius 3 is 2.57 bits per heavy atom. The van der Waals surface area contributed by atoms with Crippen LogP contribution in [0.15, 0.2) is 48.5 Å². The highest BCUT2D eigenvalue weighted by Crippen LogP contribution is 2.25. The van der Waals surface area contributed by atoms with E-state index >= 15 is 0 Å². The Hall–Kier alpha value is -3.44. The minimum Gasteiger partial charge on any atom is -0.449 e. The molecule has 2 aromatic rings. The van der Waals surface area contributed by atoms with Crippen molar-refractivity contribution in [1.82, 2.24) is 0 Å². The molecule has 0 saturated heterocycles. The number of nitro benzene ring substituents is 1. The summed E-state index contributed by atoms with van der Waals surface area (Å²) < 4.78 is 5.18. The Morgan fingerprint density at radius 1 is 1.29 bits per heavy atom. The second-order valence-corrected chi connectivity index (χ2v) is 6.11. The number of anilines is 1. The van der Waals surface area contributed by atoms with E-state index in [0.717, 1.165) is 6.07 Å². The fourth-order valence-electron chi connectivity index (χ4n) is 2.41. The number of carbonyl (C=O) groups is 2. The number of rotatable bonds is 7. The van der Waals surface area contributed by atoms with Crippen molar-refractivity contribution in [3.05, 3.63) is 69.2 Å². The molecule has 0 unspecified atom stereocenters. The molecule has 0 fully saturated rings. The number of amides is 1. The smallest absolute Gasteiger partial charge is 0.339 e. The van der Waals surface area contributed by atoms with Crippen molar-refractivity contribution in [2.45, 2.75) is 19.4 Å². The zero-order valence-electron chi connectivity index (χ0n) is 14.9. The monoisotopic (exact) mass is 401 g/mol. The largest absolute Gasteiger partial charge is 0.449 e. The Bertz CT molecular complexity index is 927. The molecule has 0 spiro atoms. The van der Waals surface area contributed by atoms with Crippen molar-refractivity contribution in [3.63, 3.8) is 0 Å². The molecular formula is C19H16ClN3O5. The molecule has 0 radical (unpaired) electrons. The Balaban J connectivity index is 2.17. The van der Waals surface area contributed by atoms with Gasteiger partial charge in [-0.1, -0.05) is 29.8 Å². The van der Waals surface area contributed by atoms with Crippen LogP contribution in [0.2, 0.25) is 5.02 Å². The van der Waals surface area contributed by atoms with Crippen molar-refractivity contribution in [1.29, 1.82) is 5.26 Å². The van der Waals surface area contributed by atoms with E-state index in [9.17, 15) is 19.7 Å². The molecule has 0 N–H and O–H groups in total. The van der Waals surface area contributed by atoms with Gasteiger partial charge in [-0.2, -0.15) is 5.26 Å². The summed E-state index contributed by atoms with van der Waals surface area (Å²) in [4.78, 5) is 36.7. The zero-order valence-corrected chi connectivity index (χ0v) is 15.6. The molecular weight excluding hydrogens is 386 g/mol. The average Bonchev–Trinajstić information content (AvgIpc) is 2.68. The summed E-state index contributed by atoms with van der Waals surface area (Å²) in [6, 6.07) is 14.1. The summed E-state index contributed by atoms with van der Waals surface area (Å²) in [6.45, 7) is 1.53. The van der Waals surface area contributed by atoms with E-state index in [1.165, 1.54) is 24.0 Å². The lowest BCUT2D eigenvalue weighted by atomic mass is 10.2. The van der Waals surface area contributed by atoms with Gasteiger partial charge in [0.1, 0.15) is 5.02 Å². The number of ether oxygens (including phenoxy) is 1. The summed E-state index contributed by atoms with van der Waals surface area (Å²) in [5.41, 5.74) is 0.0295. The lowest BCUT2D eigenvalue weighted by Crippen LogP contribution is -2.40. The molecule has 0 aromatic heterocycles. The first kappa shape index (κ1) is 20.9. The summed E-state index contributed by atoms with van der Waals surface area (Å²) >= 11 is 5.73. The summed E-state index contributed by atoms with van der Waals surface area (Å²) in [5.74, 6) is -1.41. The highest BCUT2D eigenvalue weighted by Gasteiger charge is 2.26. The maximum Gasteiger partial charge on any atom is 0.339 e. The Kier molecular flexibility index (Phi) is 7.07. The SMILES string of the molecule is C[C@H](OC(=O)c1ccc(Cl)c([N+](=O)[O-])c1)C(=O)N(CCC#N)c1ccccc1. The van der Waals surface area contributed by atoms with Crippen molar-refractivity contribution >= 4 is 34.9 Å². The van der Waals surface area contributed by atoms with Gasteiger partial charge < -0.3 is 9.64 Å². The molecule has 28 heavy (non-hydrogen) atoms. The Morgan fingerprint density at radius 2 is 1.96 bits per heavy atom. The van der Waals surface area contributed by atoms with Gasteiger partial charge in [-0.25, -0.2) is 4.79 Å². The van der Waals surface area contributed by atoms with E-state index in [2.05, 4.69) is 0 Å². The molecule has 0 saturated carbocycles. The maximum absolute atomic E-state index is 12.8. The number of hydrogen-bond acceptors (Lipinski definition) is 6. The van der Waals surface area contributed by atoms with Crippen LogP contribution in [0.4, 0.5) is 11.4 Å². The van der Waals surface area contributed by atoms with Gasteiger partial charge in [-0.3, -0.25) is 14.9 Å². The van der Waals surface area contributed by atoms with Crippen LogP contribution in [0.3, 0.4) is 0 Å². The maximum atomic E-state index is 12.8. The fraction of sp³-hybridized carbons (Fsp3) is 0.211. The van der Waals surface area contributed by atoms with Crippen molar-refractivity contribution < 1.29 is 19.2 Å². The number of halogens is 1. The van der Waals surface area contributed by atoms with Crippen molar-refractivity contribution in [2.75, 3.05) is 11.4 Å². The van der Waals surface area contributed by atoms with Crippen LogP contribution in [0.1, 0.15) is 23.7 Å². The molecule has 1 atom stereocenters. The Labute approximate surface area is 166 Å². The van der Waals surface area contributed by atoms with Crippen LogP contribution >= 0.6 is 11.6 Å². The molecule has 2 aromatic carbocycles. The van der Waals surface area contributed by atoms with Gasteiger partial charge in [-0.05, 0) is 31.2 Å². The second-order valence-electron chi connectivity index (χ2n) is 5.70. The molecule has 0 aliphatic carbocycles. The van der Waals surface area contributed by atoms with Gasteiger partial charge in [0, 0.05) is 18.3 Å².